The summed E-state index contributed by atoms with van der Waals surface area (Å²) in [5, 5.41) is 3.92. The molecule has 0 nitrogen and oxygen atoms in total. The molecule has 3 saturated carbocycles. The normalized spacial score (nSPS) is 28.9. The fourth-order valence-corrected chi connectivity index (χ4v) is 19.7. The van der Waals surface area contributed by atoms with Crippen molar-refractivity contribution in [3.63, 3.8) is 0 Å². The highest BCUT2D eigenvalue weighted by Crippen LogP contribution is 2.74. The third-order valence-corrected chi connectivity index (χ3v) is 19.5. The van der Waals surface area contributed by atoms with Gasteiger partial charge in [-0.2, -0.15) is 0 Å². The third-order valence-electron chi connectivity index (χ3n) is 12.3. The van der Waals surface area contributed by atoms with Gasteiger partial charge < -0.3 is 0 Å². The maximum Gasteiger partial charge on any atom is -0.00919 e. The smallest absolute Gasteiger partial charge is 0.00919 e. The average Bonchev–Trinajstić information content (AvgIpc) is 3.67. The summed E-state index contributed by atoms with van der Waals surface area (Å²) in [6, 6.07) is 23.6. The van der Waals surface area contributed by atoms with Crippen LogP contribution in [0.4, 0.5) is 0 Å². The Balaban J connectivity index is 1.60. The number of hydrogen-bond acceptors (Lipinski definition) is 0. The average molecular weight is 633 g/mol. The van der Waals surface area contributed by atoms with Crippen molar-refractivity contribution in [2.24, 2.45) is 23.2 Å². The fourth-order valence-electron chi connectivity index (χ4n) is 11.0. The molecule has 0 radical (unpaired) electrons. The summed E-state index contributed by atoms with van der Waals surface area (Å²) in [4.78, 5) is 0. The van der Waals surface area contributed by atoms with E-state index in [0.717, 1.165) is 23.4 Å². The number of rotatable bonds is 7. The van der Waals surface area contributed by atoms with E-state index in [1.54, 1.807) is 10.6 Å². The molecule has 0 heterocycles. The van der Waals surface area contributed by atoms with E-state index >= 15 is 0 Å². The summed E-state index contributed by atoms with van der Waals surface area (Å²) in [6.07, 6.45) is 22.3. The zero-order valence-corrected chi connectivity index (χ0v) is 31.5. The first-order chi connectivity index (χ1) is 21.0. The fraction of sp³-hybridized carbons (Fsp3) is 0.714. The van der Waals surface area contributed by atoms with Crippen molar-refractivity contribution in [1.29, 1.82) is 0 Å². The van der Waals surface area contributed by atoms with Gasteiger partial charge in [-0.15, -0.1) is 0 Å². The van der Waals surface area contributed by atoms with Gasteiger partial charge in [-0.05, 0) is 89.0 Å². The van der Waals surface area contributed by atoms with E-state index in [1.165, 1.54) is 96.3 Å². The molecule has 244 valence electrons. The molecule has 3 aliphatic carbocycles. The summed E-state index contributed by atoms with van der Waals surface area (Å²) in [7, 11) is -0.637. The first kappa shape index (κ1) is 34.6. The van der Waals surface area contributed by atoms with Gasteiger partial charge >= 0.3 is 0 Å². The number of hydrogen-bond donors (Lipinski definition) is 0. The van der Waals surface area contributed by atoms with Crippen LogP contribution in [0.25, 0.3) is 0 Å². The summed E-state index contributed by atoms with van der Waals surface area (Å²) < 4.78 is 0. The van der Waals surface area contributed by atoms with Crippen LogP contribution < -0.4 is 10.6 Å². The predicted molar refractivity (Wildman–Crippen MR) is 201 cm³/mol. The first-order valence-electron chi connectivity index (χ1n) is 18.7. The van der Waals surface area contributed by atoms with Gasteiger partial charge in [-0.1, -0.05) is 188 Å². The van der Waals surface area contributed by atoms with Crippen LogP contribution in [-0.2, 0) is 0 Å². The molecule has 0 aliphatic heterocycles. The van der Waals surface area contributed by atoms with Crippen molar-refractivity contribution in [3.8, 4) is 0 Å². The topological polar surface area (TPSA) is 0 Å². The van der Waals surface area contributed by atoms with Crippen LogP contribution in [0.1, 0.15) is 145 Å². The number of benzene rings is 2. The predicted octanol–water partition coefficient (Wildman–Crippen LogP) is 12.7. The van der Waals surface area contributed by atoms with E-state index in [0.29, 0.717) is 21.4 Å². The molecule has 2 aromatic rings. The lowest BCUT2D eigenvalue weighted by atomic mass is 9.66. The minimum Gasteiger partial charge on any atom is -0.0919 e. The molecule has 3 aliphatic rings. The van der Waals surface area contributed by atoms with Crippen LogP contribution in [0.2, 0.25) is 0 Å². The molecule has 2 heteroatoms. The minimum absolute atomic E-state index is 0.185. The standard InChI is InChI=1S/C42H66P2/c1-33(43(37-27-13-9-14-28-37)38-29-15-10-16-30-38)42(32-20-31-39(42)44(40(2,3)4)41(5,6)7)36-25-12-8-11-21-35(24-19-26-36)34-22-17-18-23-34/h9-10,13-16,27-30,33-36,39H,8,11-12,17-26,31-32H2,1-7H3/t33?,35?,36?,39-,42+/m0/s1. The van der Waals surface area contributed by atoms with Gasteiger partial charge in [0.25, 0.3) is 0 Å². The van der Waals surface area contributed by atoms with E-state index in [-0.39, 0.29) is 7.92 Å². The van der Waals surface area contributed by atoms with Crippen LogP contribution in [0, 0.1) is 23.2 Å². The Morgan fingerprint density at radius 3 is 1.55 bits per heavy atom. The molecular weight excluding hydrogens is 566 g/mol. The SMILES string of the molecule is CC(P(c1ccccc1)c1ccccc1)[C@@]1(C2CCCCCC(C3CCCC3)CCC2)CCC[C@@H]1P(C(C)(C)C)C(C)(C)C. The second kappa shape index (κ2) is 15.0. The monoisotopic (exact) mass is 632 g/mol. The molecule has 0 saturated heterocycles. The zero-order valence-electron chi connectivity index (χ0n) is 29.7. The summed E-state index contributed by atoms with van der Waals surface area (Å²) in [5.41, 5.74) is 1.96. The summed E-state index contributed by atoms with van der Waals surface area (Å²) in [6.45, 7) is 18.4. The van der Waals surface area contributed by atoms with Gasteiger partial charge in [0.1, 0.15) is 0 Å². The maximum atomic E-state index is 2.77. The van der Waals surface area contributed by atoms with Crippen molar-refractivity contribution in [1.82, 2.24) is 0 Å². The van der Waals surface area contributed by atoms with Crippen LogP contribution in [0.5, 0.6) is 0 Å². The quantitative estimate of drug-likeness (QED) is 0.266. The van der Waals surface area contributed by atoms with Gasteiger partial charge in [0, 0.05) is 0 Å². The van der Waals surface area contributed by atoms with Crippen molar-refractivity contribution in [2.45, 2.75) is 166 Å². The Morgan fingerprint density at radius 2 is 1.02 bits per heavy atom. The molecule has 0 aromatic heterocycles. The van der Waals surface area contributed by atoms with Gasteiger partial charge in [-0.25, -0.2) is 0 Å². The van der Waals surface area contributed by atoms with Crippen molar-refractivity contribution >= 4 is 26.5 Å². The Hall–Kier alpha value is -0.700. The lowest BCUT2D eigenvalue weighted by Crippen LogP contribution is -2.50. The highest BCUT2D eigenvalue weighted by Gasteiger charge is 2.58. The van der Waals surface area contributed by atoms with E-state index in [9.17, 15) is 0 Å². The van der Waals surface area contributed by atoms with Crippen molar-refractivity contribution in [3.05, 3.63) is 60.7 Å². The van der Waals surface area contributed by atoms with Crippen molar-refractivity contribution in [2.75, 3.05) is 0 Å². The maximum absolute atomic E-state index is 2.77. The molecule has 5 rings (SSSR count). The Kier molecular flexibility index (Phi) is 11.8. The summed E-state index contributed by atoms with van der Waals surface area (Å²) in [5.74, 6) is 2.91. The molecular formula is C42H66P2. The Labute approximate surface area is 275 Å². The van der Waals surface area contributed by atoms with Crippen LogP contribution in [0.3, 0.4) is 0 Å². The van der Waals surface area contributed by atoms with Gasteiger partial charge in [0.05, 0.1) is 0 Å². The molecule has 44 heavy (non-hydrogen) atoms. The molecule has 0 N–H and O–H groups in total. The van der Waals surface area contributed by atoms with Gasteiger partial charge in [0.2, 0.25) is 0 Å². The molecule has 0 spiro atoms. The lowest BCUT2D eigenvalue weighted by Gasteiger charge is -2.57. The van der Waals surface area contributed by atoms with Crippen molar-refractivity contribution < 1.29 is 0 Å². The minimum atomic E-state index is -0.453. The molecule has 3 fully saturated rings. The Morgan fingerprint density at radius 1 is 0.568 bits per heavy atom. The van der Waals surface area contributed by atoms with E-state index in [1.807, 2.05) is 0 Å². The molecule has 0 bridgehead atoms. The highest BCUT2D eigenvalue weighted by molar-refractivity contribution is 7.73. The third kappa shape index (κ3) is 7.71. The molecule has 2 aromatic carbocycles. The molecule has 5 atom stereocenters. The van der Waals surface area contributed by atoms with Crippen LogP contribution in [-0.4, -0.2) is 21.6 Å². The van der Waals surface area contributed by atoms with E-state index < -0.39 is 7.92 Å². The molecule has 3 unspecified atom stereocenters. The van der Waals surface area contributed by atoms with Gasteiger partial charge in [-0.3, -0.25) is 0 Å². The lowest BCUT2D eigenvalue weighted by molar-refractivity contribution is 0.131. The second-order valence-electron chi connectivity index (χ2n) is 17.0. The molecule has 0 amide bonds. The second-order valence-corrected chi connectivity index (χ2v) is 23.6. The summed E-state index contributed by atoms with van der Waals surface area (Å²) >= 11 is 0. The van der Waals surface area contributed by atoms with Crippen LogP contribution in [0.15, 0.2) is 60.7 Å². The largest absolute Gasteiger partial charge is 0.0919 e. The highest BCUT2D eigenvalue weighted by atomic mass is 31.1. The Bertz CT molecular complexity index is 1070. The van der Waals surface area contributed by atoms with Gasteiger partial charge in [0.15, 0.2) is 0 Å². The van der Waals surface area contributed by atoms with Crippen LogP contribution >= 0.6 is 15.8 Å². The van der Waals surface area contributed by atoms with E-state index in [2.05, 4.69) is 109 Å². The first-order valence-corrected chi connectivity index (χ1v) is 21.5. The van der Waals surface area contributed by atoms with E-state index in [4.69, 9.17) is 0 Å². The zero-order chi connectivity index (χ0) is 31.4.